The van der Waals surface area contributed by atoms with E-state index in [0.29, 0.717) is 0 Å². The number of methoxy groups -OCH3 is 1. The summed E-state index contributed by atoms with van der Waals surface area (Å²) in [4.78, 5) is 6.99. The fourth-order valence-corrected chi connectivity index (χ4v) is 3.84. The molecule has 0 amide bonds. The molecule has 0 aliphatic carbocycles. The molecule has 1 aromatic heterocycles. The number of hydrogen-bond acceptors (Lipinski definition) is 5. The summed E-state index contributed by atoms with van der Waals surface area (Å²) in [6, 6.07) is 21.3. The van der Waals surface area contributed by atoms with Gasteiger partial charge in [0.05, 0.1) is 20.3 Å². The molecular weight excluding hydrogens is 374 g/mol. The van der Waals surface area contributed by atoms with Gasteiger partial charge in [-0.15, -0.1) is 0 Å². The van der Waals surface area contributed by atoms with Crippen LogP contribution in [0.2, 0.25) is 0 Å². The second-order valence-corrected chi connectivity index (χ2v) is 7.52. The van der Waals surface area contributed by atoms with E-state index in [0.717, 1.165) is 55.5 Å². The van der Waals surface area contributed by atoms with Crippen LogP contribution in [-0.2, 0) is 11.3 Å². The van der Waals surface area contributed by atoms with Crippen molar-refractivity contribution in [3.05, 3.63) is 78.0 Å². The normalized spacial score (nSPS) is 15.1. The Bertz CT molecular complexity index is 956. The minimum absolute atomic E-state index is 0.277. The van der Waals surface area contributed by atoms with Crippen LogP contribution >= 0.6 is 0 Å². The molecular formula is C25H29N3O2. The van der Waals surface area contributed by atoms with E-state index in [1.165, 1.54) is 11.1 Å². The number of hydrogen-bond donors (Lipinski definition) is 1. The lowest BCUT2D eigenvalue weighted by atomic mass is 10.0. The molecule has 2 aromatic carbocycles. The van der Waals surface area contributed by atoms with Gasteiger partial charge in [0, 0.05) is 43.0 Å². The maximum Gasteiger partial charge on any atom is 0.136 e. The van der Waals surface area contributed by atoms with Gasteiger partial charge in [0.1, 0.15) is 11.6 Å². The van der Waals surface area contributed by atoms with E-state index < -0.39 is 0 Å². The second-order valence-electron chi connectivity index (χ2n) is 7.52. The highest BCUT2D eigenvalue weighted by atomic mass is 16.5. The monoisotopic (exact) mass is 403 g/mol. The van der Waals surface area contributed by atoms with Crippen LogP contribution in [0.5, 0.6) is 5.75 Å². The van der Waals surface area contributed by atoms with Gasteiger partial charge in [-0.3, -0.25) is 0 Å². The van der Waals surface area contributed by atoms with E-state index in [2.05, 4.69) is 65.7 Å². The number of aromatic nitrogens is 1. The zero-order valence-corrected chi connectivity index (χ0v) is 17.7. The summed E-state index contributed by atoms with van der Waals surface area (Å²) in [6.45, 7) is 6.13. The molecule has 1 N–H and O–H groups in total. The Morgan fingerprint density at radius 1 is 1.03 bits per heavy atom. The molecule has 1 fully saturated rings. The molecule has 156 valence electrons. The highest BCUT2D eigenvalue weighted by Gasteiger charge is 2.19. The van der Waals surface area contributed by atoms with E-state index in [1.807, 2.05) is 18.3 Å². The van der Waals surface area contributed by atoms with Crippen molar-refractivity contribution < 1.29 is 9.47 Å². The van der Waals surface area contributed by atoms with Crippen molar-refractivity contribution in [1.29, 1.82) is 0 Å². The number of nitrogens with zero attached hydrogens (tertiary/aromatic N) is 2. The molecule has 1 atom stereocenters. The average molecular weight is 404 g/mol. The fourth-order valence-electron chi connectivity index (χ4n) is 3.84. The lowest BCUT2D eigenvalue weighted by Crippen LogP contribution is -2.37. The largest absolute Gasteiger partial charge is 0.496 e. The van der Waals surface area contributed by atoms with Gasteiger partial charge in [-0.2, -0.15) is 0 Å². The summed E-state index contributed by atoms with van der Waals surface area (Å²) in [5.74, 6) is 1.85. The second kappa shape index (κ2) is 9.74. The minimum Gasteiger partial charge on any atom is -0.496 e. The van der Waals surface area contributed by atoms with Crippen LogP contribution in [0, 0.1) is 0 Å². The van der Waals surface area contributed by atoms with E-state index in [4.69, 9.17) is 14.5 Å². The van der Waals surface area contributed by atoms with Crippen LogP contribution in [-0.4, -0.2) is 38.4 Å². The number of benzene rings is 2. The predicted molar refractivity (Wildman–Crippen MR) is 121 cm³/mol. The zero-order chi connectivity index (χ0) is 20.8. The quantitative estimate of drug-likeness (QED) is 0.632. The van der Waals surface area contributed by atoms with Crippen LogP contribution in [0.1, 0.15) is 24.1 Å². The highest BCUT2D eigenvalue weighted by molar-refractivity contribution is 5.80. The molecule has 5 nitrogen and oxygen atoms in total. The third-order valence-electron chi connectivity index (χ3n) is 5.56. The van der Waals surface area contributed by atoms with Gasteiger partial charge in [0.2, 0.25) is 0 Å². The number of anilines is 1. The topological polar surface area (TPSA) is 46.6 Å². The Hall–Kier alpha value is -2.89. The third kappa shape index (κ3) is 4.64. The van der Waals surface area contributed by atoms with Crippen molar-refractivity contribution in [2.75, 3.05) is 38.3 Å². The first-order valence-electron chi connectivity index (χ1n) is 10.5. The number of rotatable bonds is 7. The predicted octanol–water partition coefficient (Wildman–Crippen LogP) is 4.44. The van der Waals surface area contributed by atoms with E-state index in [9.17, 15) is 0 Å². The third-order valence-corrected chi connectivity index (χ3v) is 5.56. The van der Waals surface area contributed by atoms with Crippen LogP contribution in [0.3, 0.4) is 0 Å². The first-order chi connectivity index (χ1) is 14.8. The molecule has 0 spiro atoms. The maximum absolute atomic E-state index is 5.70. The molecule has 3 aromatic rings. The van der Waals surface area contributed by atoms with Crippen molar-refractivity contribution in [2.45, 2.75) is 19.5 Å². The molecule has 5 heteroatoms. The molecule has 4 rings (SSSR count). The lowest BCUT2D eigenvalue weighted by Gasteiger charge is -2.29. The summed E-state index contributed by atoms with van der Waals surface area (Å²) >= 11 is 0. The van der Waals surface area contributed by atoms with Gasteiger partial charge in [-0.1, -0.05) is 36.4 Å². The minimum atomic E-state index is 0.277. The van der Waals surface area contributed by atoms with Crippen LogP contribution in [0.25, 0.3) is 11.1 Å². The number of morpholine rings is 1. The van der Waals surface area contributed by atoms with Gasteiger partial charge in [0.25, 0.3) is 0 Å². The van der Waals surface area contributed by atoms with Gasteiger partial charge in [-0.25, -0.2) is 4.98 Å². The molecule has 0 saturated carbocycles. The van der Waals surface area contributed by atoms with Crippen molar-refractivity contribution >= 4 is 5.82 Å². The molecule has 1 aliphatic rings. The standard InChI is InChI=1S/C25H29N3O2/c1-19(21-7-4-3-5-8-21)27-18-20-10-11-24(29-2)23(17-20)22-9-6-12-26-25(22)28-13-15-30-16-14-28/h3-12,17,19,27H,13-16,18H2,1-2H3. The van der Waals surface area contributed by atoms with Crippen molar-refractivity contribution in [2.24, 2.45) is 0 Å². The molecule has 1 saturated heterocycles. The molecule has 30 heavy (non-hydrogen) atoms. The first-order valence-corrected chi connectivity index (χ1v) is 10.5. The van der Waals surface area contributed by atoms with Gasteiger partial charge < -0.3 is 19.7 Å². The van der Waals surface area contributed by atoms with Crippen LogP contribution < -0.4 is 15.0 Å². The van der Waals surface area contributed by atoms with Gasteiger partial charge in [0.15, 0.2) is 0 Å². The SMILES string of the molecule is COc1ccc(CNC(C)c2ccccc2)cc1-c1cccnc1N1CCOCC1. The average Bonchev–Trinajstić information content (AvgIpc) is 2.83. The Balaban J connectivity index is 1.59. The zero-order valence-electron chi connectivity index (χ0n) is 17.7. The lowest BCUT2D eigenvalue weighted by molar-refractivity contribution is 0.122. The van der Waals surface area contributed by atoms with Crippen LogP contribution in [0.15, 0.2) is 66.9 Å². The first kappa shape index (κ1) is 20.4. The number of ether oxygens (including phenoxy) is 2. The Morgan fingerprint density at radius 2 is 1.83 bits per heavy atom. The summed E-state index contributed by atoms with van der Waals surface area (Å²) in [5.41, 5.74) is 4.66. The van der Waals surface area contributed by atoms with E-state index >= 15 is 0 Å². The van der Waals surface area contributed by atoms with Crippen molar-refractivity contribution in [1.82, 2.24) is 10.3 Å². The molecule has 0 radical (unpaired) electrons. The fraction of sp³-hybridized carbons (Fsp3) is 0.320. The molecule has 2 heterocycles. The summed E-state index contributed by atoms with van der Waals surface area (Å²) in [7, 11) is 1.72. The van der Waals surface area contributed by atoms with Gasteiger partial charge in [-0.05, 0) is 42.3 Å². The molecule has 1 unspecified atom stereocenters. The molecule has 1 aliphatic heterocycles. The van der Waals surface area contributed by atoms with E-state index in [1.54, 1.807) is 7.11 Å². The van der Waals surface area contributed by atoms with Crippen molar-refractivity contribution in [3.8, 4) is 16.9 Å². The summed E-state index contributed by atoms with van der Waals surface area (Å²) in [6.07, 6.45) is 1.85. The Kier molecular flexibility index (Phi) is 6.62. The maximum atomic E-state index is 5.70. The Morgan fingerprint density at radius 3 is 2.60 bits per heavy atom. The number of pyridine rings is 1. The smallest absolute Gasteiger partial charge is 0.136 e. The highest BCUT2D eigenvalue weighted by Crippen LogP contribution is 2.36. The number of nitrogens with one attached hydrogen (secondary N) is 1. The van der Waals surface area contributed by atoms with E-state index in [-0.39, 0.29) is 6.04 Å². The summed E-state index contributed by atoms with van der Waals surface area (Å²) < 4.78 is 11.2. The van der Waals surface area contributed by atoms with Crippen LogP contribution in [0.4, 0.5) is 5.82 Å². The Labute approximate surface area is 178 Å². The van der Waals surface area contributed by atoms with Gasteiger partial charge >= 0.3 is 0 Å². The summed E-state index contributed by atoms with van der Waals surface area (Å²) in [5, 5.41) is 3.63. The van der Waals surface area contributed by atoms with Crippen molar-refractivity contribution in [3.63, 3.8) is 0 Å². The molecule has 0 bridgehead atoms.